The van der Waals surface area contributed by atoms with Gasteiger partial charge in [0, 0.05) is 18.8 Å². The van der Waals surface area contributed by atoms with Gasteiger partial charge in [-0.25, -0.2) is 0 Å². The Balaban J connectivity index is 3.82. The Hall–Kier alpha value is -0.120. The molecule has 0 bridgehead atoms. The van der Waals surface area contributed by atoms with Crippen molar-refractivity contribution in [1.82, 2.24) is 5.32 Å². The van der Waals surface area contributed by atoms with E-state index in [9.17, 15) is 5.11 Å². The third-order valence-corrected chi connectivity index (χ3v) is 3.02. The van der Waals surface area contributed by atoms with Crippen LogP contribution in [0.2, 0.25) is 0 Å². The van der Waals surface area contributed by atoms with E-state index in [1.54, 1.807) is 0 Å². The maximum Gasteiger partial charge on any atom is 0.0613 e. The lowest BCUT2D eigenvalue weighted by Crippen LogP contribution is -2.48. The first-order chi connectivity index (χ1) is 7.74. The molecular weight excluding hydrogens is 202 g/mol. The number of ether oxygens (including phenoxy) is 1. The van der Waals surface area contributed by atoms with Crippen LogP contribution in [0.5, 0.6) is 0 Å². The van der Waals surface area contributed by atoms with Crippen molar-refractivity contribution in [2.24, 2.45) is 0 Å². The van der Waals surface area contributed by atoms with Crippen LogP contribution >= 0.6 is 0 Å². The van der Waals surface area contributed by atoms with Gasteiger partial charge in [0.05, 0.1) is 6.61 Å². The summed E-state index contributed by atoms with van der Waals surface area (Å²) in [6, 6.07) is 0. The molecule has 0 aliphatic carbocycles. The Kier molecular flexibility index (Phi) is 9.99. The Labute approximate surface area is 101 Å². The molecule has 16 heavy (non-hydrogen) atoms. The van der Waals surface area contributed by atoms with Gasteiger partial charge in [0.1, 0.15) is 0 Å². The molecule has 1 unspecified atom stereocenters. The first-order valence-corrected chi connectivity index (χ1v) is 6.68. The van der Waals surface area contributed by atoms with Crippen molar-refractivity contribution in [2.75, 3.05) is 26.4 Å². The fraction of sp³-hybridized carbons (Fsp3) is 1.00. The minimum atomic E-state index is -0.0917. The standard InChI is InChI=1S/C13H29NO2/c1-4-9-14-13(6-3,12-15)8-7-11-16-10-5-2/h14-15H,4-12H2,1-3H3. The molecular formula is C13H29NO2. The summed E-state index contributed by atoms with van der Waals surface area (Å²) in [6.45, 7) is 9.25. The van der Waals surface area contributed by atoms with Crippen molar-refractivity contribution in [3.05, 3.63) is 0 Å². The van der Waals surface area contributed by atoms with E-state index in [-0.39, 0.29) is 12.1 Å². The smallest absolute Gasteiger partial charge is 0.0613 e. The molecule has 0 aromatic rings. The lowest BCUT2D eigenvalue weighted by atomic mass is 9.91. The van der Waals surface area contributed by atoms with E-state index in [1.807, 2.05) is 0 Å². The minimum absolute atomic E-state index is 0.0917. The zero-order valence-corrected chi connectivity index (χ0v) is 11.2. The zero-order valence-electron chi connectivity index (χ0n) is 11.2. The van der Waals surface area contributed by atoms with Crippen molar-refractivity contribution in [2.45, 2.75) is 58.4 Å². The molecule has 0 amide bonds. The summed E-state index contributed by atoms with van der Waals surface area (Å²) in [5, 5.41) is 13.0. The molecule has 0 radical (unpaired) electrons. The zero-order chi connectivity index (χ0) is 12.3. The van der Waals surface area contributed by atoms with Crippen LogP contribution in [-0.2, 0) is 4.74 Å². The molecule has 0 aromatic heterocycles. The molecule has 1 atom stereocenters. The molecule has 0 aromatic carbocycles. The molecule has 0 rings (SSSR count). The summed E-state index contributed by atoms with van der Waals surface area (Å²) >= 11 is 0. The van der Waals surface area contributed by atoms with Crippen molar-refractivity contribution in [3.8, 4) is 0 Å². The van der Waals surface area contributed by atoms with Gasteiger partial charge < -0.3 is 15.2 Å². The monoisotopic (exact) mass is 231 g/mol. The molecule has 0 aliphatic rings. The van der Waals surface area contributed by atoms with E-state index in [1.165, 1.54) is 0 Å². The Morgan fingerprint density at radius 2 is 1.88 bits per heavy atom. The van der Waals surface area contributed by atoms with E-state index in [0.717, 1.165) is 51.9 Å². The second-order valence-corrected chi connectivity index (χ2v) is 4.43. The fourth-order valence-electron chi connectivity index (χ4n) is 1.79. The van der Waals surface area contributed by atoms with Crippen LogP contribution in [0.15, 0.2) is 0 Å². The molecule has 0 heterocycles. The Morgan fingerprint density at radius 3 is 2.38 bits per heavy atom. The topological polar surface area (TPSA) is 41.5 Å². The average Bonchev–Trinajstić information content (AvgIpc) is 2.33. The van der Waals surface area contributed by atoms with E-state index in [4.69, 9.17) is 4.74 Å². The van der Waals surface area contributed by atoms with Crippen LogP contribution < -0.4 is 5.32 Å². The molecule has 3 heteroatoms. The van der Waals surface area contributed by atoms with Crippen molar-refractivity contribution < 1.29 is 9.84 Å². The number of hydrogen-bond acceptors (Lipinski definition) is 3. The van der Waals surface area contributed by atoms with Crippen LogP contribution in [0, 0.1) is 0 Å². The number of aliphatic hydroxyl groups excluding tert-OH is 1. The van der Waals surface area contributed by atoms with E-state index < -0.39 is 0 Å². The van der Waals surface area contributed by atoms with Crippen molar-refractivity contribution in [3.63, 3.8) is 0 Å². The third kappa shape index (κ3) is 6.46. The van der Waals surface area contributed by atoms with Crippen LogP contribution in [0.1, 0.15) is 52.9 Å². The highest BCUT2D eigenvalue weighted by Gasteiger charge is 2.25. The summed E-state index contributed by atoms with van der Waals surface area (Å²) in [4.78, 5) is 0. The fourth-order valence-corrected chi connectivity index (χ4v) is 1.79. The molecule has 0 spiro atoms. The first kappa shape index (κ1) is 15.9. The molecule has 3 nitrogen and oxygen atoms in total. The number of nitrogens with one attached hydrogen (secondary N) is 1. The van der Waals surface area contributed by atoms with Crippen LogP contribution in [0.4, 0.5) is 0 Å². The lowest BCUT2D eigenvalue weighted by Gasteiger charge is -2.32. The van der Waals surface area contributed by atoms with Crippen LogP contribution in [0.3, 0.4) is 0 Å². The molecule has 0 saturated heterocycles. The second-order valence-electron chi connectivity index (χ2n) is 4.43. The average molecular weight is 231 g/mol. The van der Waals surface area contributed by atoms with Crippen LogP contribution in [-0.4, -0.2) is 37.0 Å². The maximum atomic E-state index is 9.50. The van der Waals surface area contributed by atoms with Gasteiger partial charge in [-0.3, -0.25) is 0 Å². The molecule has 0 saturated carbocycles. The molecule has 2 N–H and O–H groups in total. The summed E-state index contributed by atoms with van der Waals surface area (Å²) in [5.74, 6) is 0. The van der Waals surface area contributed by atoms with E-state index >= 15 is 0 Å². The molecule has 0 fully saturated rings. The van der Waals surface area contributed by atoms with Gasteiger partial charge >= 0.3 is 0 Å². The first-order valence-electron chi connectivity index (χ1n) is 6.68. The highest BCUT2D eigenvalue weighted by atomic mass is 16.5. The largest absolute Gasteiger partial charge is 0.394 e. The van der Waals surface area contributed by atoms with Gasteiger partial charge in [0.2, 0.25) is 0 Å². The van der Waals surface area contributed by atoms with Gasteiger partial charge in [-0.1, -0.05) is 20.8 Å². The minimum Gasteiger partial charge on any atom is -0.394 e. The highest BCUT2D eigenvalue weighted by molar-refractivity contribution is 4.85. The van der Waals surface area contributed by atoms with Gasteiger partial charge in [-0.05, 0) is 38.6 Å². The lowest BCUT2D eigenvalue weighted by molar-refractivity contribution is 0.103. The van der Waals surface area contributed by atoms with Gasteiger partial charge in [0.25, 0.3) is 0 Å². The number of hydrogen-bond donors (Lipinski definition) is 2. The van der Waals surface area contributed by atoms with E-state index in [2.05, 4.69) is 26.1 Å². The Morgan fingerprint density at radius 1 is 1.12 bits per heavy atom. The Bertz CT molecular complexity index is 147. The summed E-state index contributed by atoms with van der Waals surface area (Å²) in [6.07, 6.45) is 5.16. The molecule has 0 aliphatic heterocycles. The summed E-state index contributed by atoms with van der Waals surface area (Å²) in [5.41, 5.74) is -0.0917. The van der Waals surface area contributed by atoms with Gasteiger partial charge in [0.15, 0.2) is 0 Å². The van der Waals surface area contributed by atoms with Gasteiger partial charge in [-0.2, -0.15) is 0 Å². The summed E-state index contributed by atoms with van der Waals surface area (Å²) < 4.78 is 5.46. The quantitative estimate of drug-likeness (QED) is 0.536. The van der Waals surface area contributed by atoms with E-state index in [0.29, 0.717) is 0 Å². The number of rotatable bonds is 11. The SMILES string of the molecule is CCCNC(CC)(CO)CCCOCCC. The van der Waals surface area contributed by atoms with Gasteiger partial charge in [-0.15, -0.1) is 0 Å². The second kappa shape index (κ2) is 10.1. The van der Waals surface area contributed by atoms with Crippen molar-refractivity contribution >= 4 is 0 Å². The normalized spacial score (nSPS) is 15.0. The predicted molar refractivity (Wildman–Crippen MR) is 68.7 cm³/mol. The highest BCUT2D eigenvalue weighted by Crippen LogP contribution is 2.17. The van der Waals surface area contributed by atoms with Crippen LogP contribution in [0.25, 0.3) is 0 Å². The maximum absolute atomic E-state index is 9.50. The summed E-state index contributed by atoms with van der Waals surface area (Å²) in [7, 11) is 0. The third-order valence-electron chi connectivity index (χ3n) is 3.02. The molecule has 98 valence electrons. The predicted octanol–water partition coefficient (Wildman–Crippen LogP) is 2.33. The number of aliphatic hydroxyl groups is 1. The van der Waals surface area contributed by atoms with Crippen molar-refractivity contribution in [1.29, 1.82) is 0 Å².